The molecule has 1 saturated heterocycles. The largest absolute Gasteiger partial charge is 0.391 e. The van der Waals surface area contributed by atoms with Crippen molar-refractivity contribution in [3.05, 3.63) is 0 Å². The first-order chi connectivity index (χ1) is 3.83. The third-order valence-corrected chi connectivity index (χ3v) is 0.922. The minimum atomic E-state index is -0.495. The average molecular weight is 114 g/mol. The molecule has 0 spiro atoms. The number of aliphatic hydroxyl groups excluding tert-OH is 1. The monoisotopic (exact) mass is 114 g/mol. The normalized spacial score (nSPS) is 38.1. The zero-order chi connectivity index (χ0) is 5.98. The van der Waals surface area contributed by atoms with Gasteiger partial charge in [-0.3, -0.25) is 0 Å². The molecule has 0 saturated carbocycles. The molecule has 1 heterocycles. The van der Waals surface area contributed by atoms with Gasteiger partial charge in [0.25, 0.3) is 0 Å². The van der Waals surface area contributed by atoms with Gasteiger partial charge < -0.3 is 14.6 Å². The van der Waals surface area contributed by atoms with Crippen LogP contribution in [0.25, 0.3) is 0 Å². The van der Waals surface area contributed by atoms with E-state index in [1.807, 2.05) is 0 Å². The molecule has 2 radical (unpaired) electrons. The van der Waals surface area contributed by atoms with Crippen molar-refractivity contribution in [2.75, 3.05) is 13.2 Å². The highest BCUT2D eigenvalue weighted by Crippen LogP contribution is 2.06. The molecule has 0 unspecified atom stereocenters. The molecule has 0 aromatic rings. The van der Waals surface area contributed by atoms with Crippen LogP contribution >= 0.6 is 0 Å². The average Bonchev–Trinajstić information content (AvgIpc) is 2.14. The fourth-order valence-electron chi connectivity index (χ4n) is 0.571. The first-order valence-corrected chi connectivity index (χ1v) is 2.46. The molecule has 1 aliphatic rings. The van der Waals surface area contributed by atoms with Gasteiger partial charge >= 0.3 is 0 Å². The number of hydrogen-bond donors (Lipinski definition) is 1. The Kier molecular flexibility index (Phi) is 1.88. The van der Waals surface area contributed by atoms with Crippen molar-refractivity contribution < 1.29 is 14.6 Å². The van der Waals surface area contributed by atoms with Crippen LogP contribution in [0.3, 0.4) is 0 Å². The fourth-order valence-corrected chi connectivity index (χ4v) is 0.571. The van der Waals surface area contributed by atoms with Crippen LogP contribution in [0.5, 0.6) is 0 Å². The van der Waals surface area contributed by atoms with Gasteiger partial charge in [0.1, 0.15) is 7.85 Å². The SMILES string of the molecule is [B][C@@H]1CO[C@@H](CO)O1. The summed E-state index contributed by atoms with van der Waals surface area (Å²) < 4.78 is 9.63. The number of aliphatic hydroxyl groups is 1. The zero-order valence-corrected chi connectivity index (χ0v) is 4.41. The molecule has 0 aromatic heterocycles. The standard InChI is InChI=1S/C4H7BO3/c5-3-2-7-4(1-6)8-3/h3-4,6H,1-2H2/t3-,4+/m0/s1. The quantitative estimate of drug-likeness (QED) is 0.437. The highest BCUT2D eigenvalue weighted by molar-refractivity contribution is 6.11. The predicted octanol–water partition coefficient (Wildman–Crippen LogP) is -1.15. The summed E-state index contributed by atoms with van der Waals surface area (Å²) in [5.74, 6) is 0. The Morgan fingerprint density at radius 3 is 2.75 bits per heavy atom. The third-order valence-electron chi connectivity index (χ3n) is 0.922. The van der Waals surface area contributed by atoms with Crippen molar-refractivity contribution in [1.29, 1.82) is 0 Å². The predicted molar refractivity (Wildman–Crippen MR) is 27.5 cm³/mol. The number of ether oxygens (including phenoxy) is 2. The van der Waals surface area contributed by atoms with Crippen molar-refractivity contribution >= 4 is 7.85 Å². The Balaban J connectivity index is 2.22. The van der Waals surface area contributed by atoms with Crippen molar-refractivity contribution in [3.8, 4) is 0 Å². The van der Waals surface area contributed by atoms with E-state index in [4.69, 9.17) is 22.4 Å². The lowest BCUT2D eigenvalue weighted by Crippen LogP contribution is -2.15. The Morgan fingerprint density at radius 2 is 2.50 bits per heavy atom. The second kappa shape index (κ2) is 2.48. The summed E-state index contributed by atoms with van der Waals surface area (Å²) in [6.45, 7) is 0.263. The van der Waals surface area contributed by atoms with Crippen LogP contribution in [0.2, 0.25) is 0 Å². The third kappa shape index (κ3) is 1.21. The summed E-state index contributed by atoms with van der Waals surface area (Å²) in [6, 6.07) is -0.354. The van der Waals surface area contributed by atoms with E-state index in [1.165, 1.54) is 0 Å². The van der Waals surface area contributed by atoms with Crippen molar-refractivity contribution in [3.63, 3.8) is 0 Å². The Bertz CT molecular complexity index is 77.7. The van der Waals surface area contributed by atoms with Gasteiger partial charge in [0.15, 0.2) is 6.29 Å². The van der Waals surface area contributed by atoms with Gasteiger partial charge in [0.2, 0.25) is 0 Å². The molecule has 2 atom stereocenters. The van der Waals surface area contributed by atoms with E-state index in [-0.39, 0.29) is 12.6 Å². The van der Waals surface area contributed by atoms with Gasteiger partial charge in [-0.2, -0.15) is 0 Å². The molecule has 3 nitrogen and oxygen atoms in total. The first kappa shape index (κ1) is 6.07. The van der Waals surface area contributed by atoms with Crippen LogP contribution in [0.1, 0.15) is 0 Å². The summed E-state index contributed by atoms with van der Waals surface area (Å²) in [4.78, 5) is 0. The van der Waals surface area contributed by atoms with Gasteiger partial charge in [-0.05, 0) is 0 Å². The van der Waals surface area contributed by atoms with Gasteiger partial charge in [-0.1, -0.05) is 0 Å². The Morgan fingerprint density at radius 1 is 1.75 bits per heavy atom. The molecular weight excluding hydrogens is 107 g/mol. The molecule has 44 valence electrons. The maximum atomic E-state index is 8.38. The van der Waals surface area contributed by atoms with E-state index in [0.717, 1.165) is 0 Å². The summed E-state index contributed by atoms with van der Waals surface area (Å²) in [6.07, 6.45) is -0.495. The van der Waals surface area contributed by atoms with Gasteiger partial charge in [-0.15, -0.1) is 0 Å². The van der Waals surface area contributed by atoms with Crippen LogP contribution in [-0.4, -0.2) is 38.5 Å². The maximum Gasteiger partial charge on any atom is 0.180 e. The highest BCUT2D eigenvalue weighted by Gasteiger charge is 2.20. The van der Waals surface area contributed by atoms with E-state index in [0.29, 0.717) is 6.61 Å². The van der Waals surface area contributed by atoms with Crippen LogP contribution < -0.4 is 0 Å². The molecule has 1 rings (SSSR count). The molecule has 1 N–H and O–H groups in total. The van der Waals surface area contributed by atoms with Gasteiger partial charge in [0.05, 0.1) is 13.2 Å². The minimum Gasteiger partial charge on any atom is -0.391 e. The van der Waals surface area contributed by atoms with Crippen molar-refractivity contribution in [2.45, 2.75) is 12.3 Å². The van der Waals surface area contributed by atoms with E-state index in [1.54, 1.807) is 0 Å². The van der Waals surface area contributed by atoms with Crippen LogP contribution in [0.15, 0.2) is 0 Å². The second-order valence-corrected chi connectivity index (χ2v) is 1.62. The molecule has 0 aromatic carbocycles. The van der Waals surface area contributed by atoms with Gasteiger partial charge in [-0.25, -0.2) is 0 Å². The maximum absolute atomic E-state index is 8.38. The first-order valence-electron chi connectivity index (χ1n) is 2.46. The summed E-state index contributed by atoms with van der Waals surface area (Å²) in [5, 5.41) is 8.38. The summed E-state index contributed by atoms with van der Waals surface area (Å²) in [5.41, 5.74) is 0. The molecule has 1 aliphatic heterocycles. The number of hydrogen-bond acceptors (Lipinski definition) is 3. The lowest BCUT2D eigenvalue weighted by Gasteiger charge is -2.03. The minimum absolute atomic E-state index is 0.117. The molecular formula is C4H7BO3. The van der Waals surface area contributed by atoms with E-state index in [9.17, 15) is 0 Å². The molecule has 0 amide bonds. The Hall–Kier alpha value is -0.0551. The summed E-state index contributed by atoms with van der Waals surface area (Å²) >= 11 is 0. The van der Waals surface area contributed by atoms with E-state index >= 15 is 0 Å². The van der Waals surface area contributed by atoms with Gasteiger partial charge in [0, 0.05) is 6.00 Å². The molecule has 1 fully saturated rings. The number of rotatable bonds is 1. The van der Waals surface area contributed by atoms with E-state index < -0.39 is 6.29 Å². The van der Waals surface area contributed by atoms with Crippen LogP contribution in [0.4, 0.5) is 0 Å². The fraction of sp³-hybridized carbons (Fsp3) is 1.00. The molecule has 0 aliphatic carbocycles. The van der Waals surface area contributed by atoms with Crippen LogP contribution in [0, 0.1) is 0 Å². The zero-order valence-electron chi connectivity index (χ0n) is 4.41. The van der Waals surface area contributed by atoms with Crippen molar-refractivity contribution in [2.24, 2.45) is 0 Å². The topological polar surface area (TPSA) is 38.7 Å². The Labute approximate surface area is 49.0 Å². The summed E-state index contributed by atoms with van der Waals surface area (Å²) in [7, 11) is 5.24. The smallest absolute Gasteiger partial charge is 0.180 e. The second-order valence-electron chi connectivity index (χ2n) is 1.62. The van der Waals surface area contributed by atoms with E-state index in [2.05, 4.69) is 0 Å². The molecule has 4 heteroatoms. The highest BCUT2D eigenvalue weighted by atomic mass is 16.7. The van der Waals surface area contributed by atoms with Crippen molar-refractivity contribution in [1.82, 2.24) is 0 Å². The lowest BCUT2D eigenvalue weighted by molar-refractivity contribution is -0.0789. The lowest BCUT2D eigenvalue weighted by atomic mass is 10.0. The molecule has 0 bridgehead atoms. The van der Waals surface area contributed by atoms with Crippen LogP contribution in [-0.2, 0) is 9.47 Å². The molecule has 8 heavy (non-hydrogen) atoms.